The van der Waals surface area contributed by atoms with Crippen molar-refractivity contribution in [2.45, 2.75) is 12.8 Å². The van der Waals surface area contributed by atoms with Crippen LogP contribution in [0.4, 0.5) is 0 Å². The van der Waals surface area contributed by atoms with Gasteiger partial charge in [0.2, 0.25) is 6.79 Å². The first-order valence-electron chi connectivity index (χ1n) is 6.52. The molecule has 0 N–H and O–H groups in total. The van der Waals surface area contributed by atoms with E-state index in [1.54, 1.807) is 0 Å². The Morgan fingerprint density at radius 2 is 1.79 bits per heavy atom. The van der Waals surface area contributed by atoms with E-state index in [0.717, 1.165) is 24.3 Å². The lowest BCUT2D eigenvalue weighted by atomic mass is 10.1. The van der Waals surface area contributed by atoms with Crippen molar-refractivity contribution in [3.63, 3.8) is 0 Å². The molecule has 0 saturated carbocycles. The van der Waals surface area contributed by atoms with E-state index in [-0.39, 0.29) is 0 Å². The number of aryl methyl sites for hydroxylation is 1. The Kier molecular flexibility index (Phi) is 3.50. The van der Waals surface area contributed by atoms with Gasteiger partial charge in [0.05, 0.1) is 0 Å². The monoisotopic (exact) mass is 252 g/mol. The molecule has 1 aliphatic heterocycles. The van der Waals surface area contributed by atoms with Crippen molar-refractivity contribution in [2.75, 3.05) is 6.79 Å². The number of allylic oxidation sites excluding steroid dienone is 1. The Morgan fingerprint density at radius 1 is 0.947 bits per heavy atom. The largest absolute Gasteiger partial charge is 0.454 e. The van der Waals surface area contributed by atoms with Gasteiger partial charge in [0.25, 0.3) is 0 Å². The zero-order valence-electron chi connectivity index (χ0n) is 10.7. The molecule has 2 aromatic carbocycles. The van der Waals surface area contributed by atoms with Crippen LogP contribution < -0.4 is 9.47 Å². The van der Waals surface area contributed by atoms with E-state index in [1.165, 1.54) is 11.1 Å². The standard InChI is InChI=1S/C17H16O2/c1-2-6-14(7-3-1)8-4-5-9-15-10-11-16-17(12-15)19-13-18-16/h1-4,6-8,10-12H,5,9,13H2. The molecule has 0 radical (unpaired) electrons. The smallest absolute Gasteiger partial charge is 0.231 e. The molecule has 0 spiro atoms. The van der Waals surface area contributed by atoms with Crippen LogP contribution in [0.1, 0.15) is 17.5 Å². The van der Waals surface area contributed by atoms with Crippen LogP contribution in [0.2, 0.25) is 0 Å². The normalized spacial score (nSPS) is 13.1. The topological polar surface area (TPSA) is 18.5 Å². The van der Waals surface area contributed by atoms with Gasteiger partial charge in [-0.2, -0.15) is 0 Å². The van der Waals surface area contributed by atoms with E-state index < -0.39 is 0 Å². The summed E-state index contributed by atoms with van der Waals surface area (Å²) in [6.07, 6.45) is 6.40. The average Bonchev–Trinajstić information content (AvgIpc) is 2.92. The molecular formula is C17H16O2. The van der Waals surface area contributed by atoms with Crippen molar-refractivity contribution in [1.29, 1.82) is 0 Å². The second-order valence-corrected chi connectivity index (χ2v) is 4.54. The number of rotatable bonds is 4. The molecule has 2 heteroatoms. The lowest BCUT2D eigenvalue weighted by molar-refractivity contribution is 0.174. The van der Waals surface area contributed by atoms with Crippen molar-refractivity contribution in [2.24, 2.45) is 0 Å². The van der Waals surface area contributed by atoms with E-state index in [9.17, 15) is 0 Å². The summed E-state index contributed by atoms with van der Waals surface area (Å²) in [6, 6.07) is 16.5. The Balaban J connectivity index is 1.57. The second-order valence-electron chi connectivity index (χ2n) is 4.54. The van der Waals surface area contributed by atoms with Gasteiger partial charge in [-0.25, -0.2) is 0 Å². The Hall–Kier alpha value is -2.22. The molecule has 1 heterocycles. The number of benzene rings is 2. The van der Waals surface area contributed by atoms with Crippen LogP contribution in [0.5, 0.6) is 11.5 Å². The summed E-state index contributed by atoms with van der Waals surface area (Å²) in [5.41, 5.74) is 2.52. The Bertz CT molecular complexity index is 573. The maximum Gasteiger partial charge on any atom is 0.231 e. The van der Waals surface area contributed by atoms with Crippen molar-refractivity contribution in [3.05, 3.63) is 65.7 Å². The zero-order chi connectivity index (χ0) is 12.9. The summed E-state index contributed by atoms with van der Waals surface area (Å²) in [4.78, 5) is 0. The fourth-order valence-corrected chi connectivity index (χ4v) is 2.13. The molecule has 0 saturated heterocycles. The third-order valence-electron chi connectivity index (χ3n) is 3.15. The molecule has 2 nitrogen and oxygen atoms in total. The third-order valence-corrected chi connectivity index (χ3v) is 3.15. The summed E-state index contributed by atoms with van der Waals surface area (Å²) >= 11 is 0. The van der Waals surface area contributed by atoms with Crippen LogP contribution in [0.25, 0.3) is 6.08 Å². The highest BCUT2D eigenvalue weighted by Gasteiger charge is 2.12. The minimum atomic E-state index is 0.340. The fourth-order valence-electron chi connectivity index (χ4n) is 2.13. The van der Waals surface area contributed by atoms with Crippen molar-refractivity contribution in [1.82, 2.24) is 0 Å². The molecule has 0 bridgehead atoms. The van der Waals surface area contributed by atoms with Crippen molar-refractivity contribution >= 4 is 6.08 Å². The lowest BCUT2D eigenvalue weighted by Gasteiger charge is -2.00. The highest BCUT2D eigenvalue weighted by molar-refractivity contribution is 5.49. The second kappa shape index (κ2) is 5.61. The summed E-state index contributed by atoms with van der Waals surface area (Å²) in [5.74, 6) is 1.72. The van der Waals surface area contributed by atoms with Gasteiger partial charge in [-0.1, -0.05) is 48.6 Å². The van der Waals surface area contributed by atoms with Crippen molar-refractivity contribution < 1.29 is 9.47 Å². The van der Waals surface area contributed by atoms with Gasteiger partial charge in [0.1, 0.15) is 0 Å². The number of fused-ring (bicyclic) bond motifs is 1. The van der Waals surface area contributed by atoms with Gasteiger partial charge in [-0.15, -0.1) is 0 Å². The third kappa shape index (κ3) is 2.97. The molecular weight excluding hydrogens is 236 g/mol. The molecule has 0 amide bonds. The zero-order valence-corrected chi connectivity index (χ0v) is 10.7. The molecule has 0 aromatic heterocycles. The molecule has 0 atom stereocenters. The average molecular weight is 252 g/mol. The molecule has 96 valence electrons. The molecule has 1 aliphatic rings. The Labute approximate surface area is 113 Å². The van der Waals surface area contributed by atoms with Gasteiger partial charge in [-0.3, -0.25) is 0 Å². The van der Waals surface area contributed by atoms with Crippen LogP contribution in [0.15, 0.2) is 54.6 Å². The van der Waals surface area contributed by atoms with Gasteiger partial charge in [0.15, 0.2) is 11.5 Å². The first kappa shape index (κ1) is 11.8. The quantitative estimate of drug-likeness (QED) is 0.817. The molecule has 0 fully saturated rings. The minimum Gasteiger partial charge on any atom is -0.454 e. The fraction of sp³-hybridized carbons (Fsp3) is 0.176. The summed E-state index contributed by atoms with van der Waals surface area (Å²) in [7, 11) is 0. The summed E-state index contributed by atoms with van der Waals surface area (Å²) < 4.78 is 10.7. The number of hydrogen-bond donors (Lipinski definition) is 0. The van der Waals surface area contributed by atoms with Crippen LogP contribution in [-0.2, 0) is 6.42 Å². The van der Waals surface area contributed by atoms with E-state index in [2.05, 4.69) is 48.6 Å². The predicted octanol–water partition coefficient (Wildman–Crippen LogP) is 4.06. The van der Waals surface area contributed by atoms with E-state index in [1.807, 2.05) is 12.1 Å². The first-order valence-corrected chi connectivity index (χ1v) is 6.52. The number of ether oxygens (including phenoxy) is 2. The lowest BCUT2D eigenvalue weighted by Crippen LogP contribution is -1.92. The molecule has 19 heavy (non-hydrogen) atoms. The van der Waals surface area contributed by atoms with Gasteiger partial charge in [-0.05, 0) is 36.1 Å². The van der Waals surface area contributed by atoms with Crippen LogP contribution in [-0.4, -0.2) is 6.79 Å². The number of hydrogen-bond acceptors (Lipinski definition) is 2. The van der Waals surface area contributed by atoms with Gasteiger partial charge >= 0.3 is 0 Å². The van der Waals surface area contributed by atoms with Crippen LogP contribution in [0, 0.1) is 0 Å². The molecule has 2 aromatic rings. The van der Waals surface area contributed by atoms with Crippen LogP contribution in [0.3, 0.4) is 0 Å². The van der Waals surface area contributed by atoms with Gasteiger partial charge < -0.3 is 9.47 Å². The van der Waals surface area contributed by atoms with Crippen LogP contribution >= 0.6 is 0 Å². The highest BCUT2D eigenvalue weighted by atomic mass is 16.7. The summed E-state index contributed by atoms with van der Waals surface area (Å²) in [5, 5.41) is 0. The first-order chi connectivity index (χ1) is 9.42. The minimum absolute atomic E-state index is 0.340. The van der Waals surface area contributed by atoms with E-state index >= 15 is 0 Å². The highest BCUT2D eigenvalue weighted by Crippen LogP contribution is 2.32. The van der Waals surface area contributed by atoms with Gasteiger partial charge in [0, 0.05) is 0 Å². The predicted molar refractivity (Wildman–Crippen MR) is 76.4 cm³/mol. The molecule has 0 unspecified atom stereocenters. The summed E-state index contributed by atoms with van der Waals surface area (Å²) in [6.45, 7) is 0.340. The van der Waals surface area contributed by atoms with Crippen molar-refractivity contribution in [3.8, 4) is 11.5 Å². The molecule has 0 aliphatic carbocycles. The maximum atomic E-state index is 5.37. The van der Waals surface area contributed by atoms with E-state index in [4.69, 9.17) is 9.47 Å². The SMILES string of the molecule is C(=Cc1ccccc1)CCc1ccc2c(c1)OCO2. The maximum absolute atomic E-state index is 5.37. The molecule has 3 rings (SSSR count). The Morgan fingerprint density at radius 3 is 2.68 bits per heavy atom. The van der Waals surface area contributed by atoms with E-state index in [0.29, 0.717) is 6.79 Å².